The molecule has 21 heavy (non-hydrogen) atoms. The average molecular weight is 296 g/mol. The number of nitrogens with zero attached hydrogens (tertiary/aromatic N) is 1. The van der Waals surface area contributed by atoms with Gasteiger partial charge in [0.15, 0.2) is 11.6 Å². The Kier molecular flexibility index (Phi) is 5.96. The minimum absolute atomic E-state index is 0.0781. The summed E-state index contributed by atoms with van der Waals surface area (Å²) in [5.41, 5.74) is 0.664. The first kappa shape index (κ1) is 16.2. The predicted octanol–water partition coefficient (Wildman–Crippen LogP) is 1.69. The minimum Gasteiger partial charge on any atom is -0.494 e. The molecule has 0 amide bonds. The van der Waals surface area contributed by atoms with E-state index < -0.39 is 0 Å². The number of benzene rings is 1. The van der Waals surface area contributed by atoms with E-state index in [0.717, 1.165) is 26.2 Å². The van der Waals surface area contributed by atoms with Gasteiger partial charge in [0.25, 0.3) is 0 Å². The molecule has 1 aromatic rings. The van der Waals surface area contributed by atoms with Crippen molar-refractivity contribution in [1.82, 2.24) is 10.2 Å². The summed E-state index contributed by atoms with van der Waals surface area (Å²) in [5.74, 6) is 0.0245. The first-order chi connectivity index (χ1) is 10.2. The number of morpholine rings is 1. The third-order valence-corrected chi connectivity index (χ3v) is 3.91. The second kappa shape index (κ2) is 7.73. The third-order valence-electron chi connectivity index (χ3n) is 3.91. The van der Waals surface area contributed by atoms with Crippen molar-refractivity contribution in [2.75, 3.05) is 40.4 Å². The molecule has 1 N–H and O–H groups in total. The Morgan fingerprint density at radius 2 is 2.33 bits per heavy atom. The lowest BCUT2D eigenvalue weighted by atomic mass is 9.99. The summed E-state index contributed by atoms with van der Waals surface area (Å²) in [4.78, 5) is 2.25. The predicted molar refractivity (Wildman–Crippen MR) is 81.4 cm³/mol. The van der Waals surface area contributed by atoms with Gasteiger partial charge in [0.1, 0.15) is 0 Å². The molecule has 1 fully saturated rings. The van der Waals surface area contributed by atoms with Crippen molar-refractivity contribution in [3.8, 4) is 5.75 Å². The van der Waals surface area contributed by atoms with Crippen LogP contribution in [0.1, 0.15) is 12.5 Å². The SMILES string of the molecule is CCNC(Cc1cccc(OC)c1F)C1CN(C)CCO1. The fourth-order valence-corrected chi connectivity index (χ4v) is 2.76. The molecule has 0 saturated carbocycles. The Morgan fingerprint density at radius 1 is 1.52 bits per heavy atom. The Balaban J connectivity index is 2.12. The van der Waals surface area contributed by atoms with Gasteiger partial charge >= 0.3 is 0 Å². The van der Waals surface area contributed by atoms with Crippen molar-refractivity contribution >= 4 is 0 Å². The average Bonchev–Trinajstić information content (AvgIpc) is 2.48. The Bertz CT molecular complexity index is 456. The van der Waals surface area contributed by atoms with Gasteiger partial charge < -0.3 is 19.7 Å². The number of hydrogen-bond donors (Lipinski definition) is 1. The van der Waals surface area contributed by atoms with Crippen molar-refractivity contribution in [3.63, 3.8) is 0 Å². The minimum atomic E-state index is -0.271. The largest absolute Gasteiger partial charge is 0.494 e. The number of methoxy groups -OCH3 is 1. The molecule has 4 nitrogen and oxygen atoms in total. The highest BCUT2D eigenvalue weighted by Crippen LogP contribution is 2.22. The highest BCUT2D eigenvalue weighted by Gasteiger charge is 2.27. The van der Waals surface area contributed by atoms with E-state index in [-0.39, 0.29) is 18.0 Å². The van der Waals surface area contributed by atoms with Crippen LogP contribution in [-0.4, -0.2) is 57.4 Å². The van der Waals surface area contributed by atoms with E-state index in [2.05, 4.69) is 24.2 Å². The molecule has 1 aliphatic rings. The number of hydrogen-bond acceptors (Lipinski definition) is 4. The van der Waals surface area contributed by atoms with E-state index >= 15 is 0 Å². The van der Waals surface area contributed by atoms with Crippen LogP contribution in [0, 0.1) is 5.82 Å². The Labute approximate surface area is 126 Å². The van der Waals surface area contributed by atoms with Gasteiger partial charge in [-0.1, -0.05) is 19.1 Å². The van der Waals surface area contributed by atoms with Gasteiger partial charge in [-0.3, -0.25) is 0 Å². The van der Waals surface area contributed by atoms with Gasteiger partial charge in [0.05, 0.1) is 19.8 Å². The van der Waals surface area contributed by atoms with Crippen LogP contribution >= 0.6 is 0 Å². The summed E-state index contributed by atoms with van der Waals surface area (Å²) in [6.07, 6.45) is 0.671. The van der Waals surface area contributed by atoms with E-state index in [0.29, 0.717) is 17.7 Å². The van der Waals surface area contributed by atoms with Crippen molar-refractivity contribution in [2.24, 2.45) is 0 Å². The molecule has 0 spiro atoms. The molecule has 118 valence electrons. The van der Waals surface area contributed by atoms with Crippen LogP contribution < -0.4 is 10.1 Å². The molecule has 0 aliphatic carbocycles. The summed E-state index contributed by atoms with van der Waals surface area (Å²) >= 11 is 0. The smallest absolute Gasteiger partial charge is 0.168 e. The molecule has 0 bridgehead atoms. The van der Waals surface area contributed by atoms with E-state index in [1.165, 1.54) is 7.11 Å². The molecule has 1 heterocycles. The first-order valence-corrected chi connectivity index (χ1v) is 7.50. The molecule has 5 heteroatoms. The number of halogens is 1. The topological polar surface area (TPSA) is 33.7 Å². The van der Waals surface area contributed by atoms with Crippen molar-refractivity contribution in [2.45, 2.75) is 25.5 Å². The van der Waals surface area contributed by atoms with E-state index in [1.807, 2.05) is 12.1 Å². The molecule has 1 aromatic carbocycles. The molecular weight excluding hydrogens is 271 g/mol. The highest BCUT2D eigenvalue weighted by molar-refractivity contribution is 5.31. The number of rotatable bonds is 6. The van der Waals surface area contributed by atoms with E-state index in [9.17, 15) is 4.39 Å². The maximum atomic E-state index is 14.3. The maximum absolute atomic E-state index is 14.3. The van der Waals surface area contributed by atoms with Crippen LogP contribution in [0.2, 0.25) is 0 Å². The molecule has 1 aliphatic heterocycles. The maximum Gasteiger partial charge on any atom is 0.168 e. The van der Waals surface area contributed by atoms with Crippen LogP contribution in [0.4, 0.5) is 4.39 Å². The van der Waals surface area contributed by atoms with Gasteiger partial charge in [-0.15, -0.1) is 0 Å². The molecule has 2 rings (SSSR count). The number of likely N-dealkylation sites (N-methyl/N-ethyl adjacent to an activating group) is 2. The standard InChI is InChI=1S/C16H25FN2O2/c1-4-18-13(15-11-19(2)8-9-21-15)10-12-6-5-7-14(20-3)16(12)17/h5-7,13,15,18H,4,8-11H2,1-3H3. The van der Waals surface area contributed by atoms with Crippen LogP contribution in [-0.2, 0) is 11.2 Å². The molecular formula is C16H25FN2O2. The summed E-state index contributed by atoms with van der Waals surface area (Å²) in [6.45, 7) is 5.43. The van der Waals surface area contributed by atoms with Gasteiger partial charge in [-0.25, -0.2) is 4.39 Å². The fourth-order valence-electron chi connectivity index (χ4n) is 2.76. The van der Waals surface area contributed by atoms with Crippen LogP contribution in [0.5, 0.6) is 5.75 Å². The normalized spacial score (nSPS) is 21.2. The zero-order valence-electron chi connectivity index (χ0n) is 13.1. The van der Waals surface area contributed by atoms with Crippen molar-refractivity contribution in [1.29, 1.82) is 0 Å². The Hall–Kier alpha value is -1.17. The second-order valence-electron chi connectivity index (χ2n) is 5.47. The van der Waals surface area contributed by atoms with Gasteiger partial charge in [-0.2, -0.15) is 0 Å². The molecule has 2 unspecified atom stereocenters. The van der Waals surface area contributed by atoms with Crippen LogP contribution in [0.25, 0.3) is 0 Å². The third kappa shape index (κ3) is 4.15. The van der Waals surface area contributed by atoms with Crippen molar-refractivity contribution < 1.29 is 13.9 Å². The lowest BCUT2D eigenvalue weighted by Crippen LogP contribution is -2.52. The summed E-state index contributed by atoms with van der Waals surface area (Å²) in [6, 6.07) is 5.38. The van der Waals surface area contributed by atoms with Crippen molar-refractivity contribution in [3.05, 3.63) is 29.6 Å². The molecule has 0 radical (unpaired) electrons. The second-order valence-corrected chi connectivity index (χ2v) is 5.47. The number of ether oxygens (including phenoxy) is 2. The quantitative estimate of drug-likeness (QED) is 0.866. The van der Waals surface area contributed by atoms with Crippen LogP contribution in [0.3, 0.4) is 0 Å². The molecule has 2 atom stereocenters. The number of nitrogens with one attached hydrogen (secondary N) is 1. The fraction of sp³-hybridized carbons (Fsp3) is 0.625. The summed E-state index contributed by atoms with van der Waals surface area (Å²) in [5, 5.41) is 3.43. The van der Waals surface area contributed by atoms with Crippen LogP contribution in [0.15, 0.2) is 18.2 Å². The Morgan fingerprint density at radius 3 is 3.00 bits per heavy atom. The summed E-state index contributed by atoms with van der Waals surface area (Å²) in [7, 11) is 3.58. The van der Waals surface area contributed by atoms with E-state index in [4.69, 9.17) is 9.47 Å². The molecule has 1 saturated heterocycles. The van der Waals surface area contributed by atoms with E-state index in [1.54, 1.807) is 6.07 Å². The lowest BCUT2D eigenvalue weighted by Gasteiger charge is -2.35. The first-order valence-electron chi connectivity index (χ1n) is 7.50. The van der Waals surface area contributed by atoms with Gasteiger partial charge in [-0.05, 0) is 31.6 Å². The zero-order valence-corrected chi connectivity index (χ0v) is 13.1. The zero-order chi connectivity index (χ0) is 15.2. The lowest BCUT2D eigenvalue weighted by molar-refractivity contribution is -0.0382. The van der Waals surface area contributed by atoms with Gasteiger partial charge in [0.2, 0.25) is 0 Å². The van der Waals surface area contributed by atoms with Gasteiger partial charge in [0, 0.05) is 19.1 Å². The summed E-state index contributed by atoms with van der Waals surface area (Å²) < 4.78 is 25.2. The highest BCUT2D eigenvalue weighted by atomic mass is 19.1. The molecule has 0 aromatic heterocycles. The monoisotopic (exact) mass is 296 g/mol.